The van der Waals surface area contributed by atoms with Gasteiger partial charge < -0.3 is 14.7 Å². The van der Waals surface area contributed by atoms with E-state index in [9.17, 15) is 9.90 Å². The Balaban J connectivity index is 1.31. The number of methoxy groups -OCH3 is 1. The minimum absolute atomic E-state index is 0.252. The molecule has 7 heteroatoms. The molecule has 1 aliphatic rings. The van der Waals surface area contributed by atoms with E-state index < -0.39 is 5.97 Å². The van der Waals surface area contributed by atoms with Gasteiger partial charge in [-0.15, -0.1) is 0 Å². The lowest BCUT2D eigenvalue weighted by atomic mass is 9.79. The molecule has 1 aromatic carbocycles. The normalized spacial score (nSPS) is 18.5. The van der Waals surface area contributed by atoms with Crippen molar-refractivity contribution in [1.29, 1.82) is 0 Å². The number of hydrogen-bond donors (Lipinski definition) is 1. The maximum Gasteiger partial charge on any atom is 0.303 e. The quantitative estimate of drug-likeness (QED) is 0.402. The summed E-state index contributed by atoms with van der Waals surface area (Å²) < 4.78 is 5.41. The van der Waals surface area contributed by atoms with E-state index >= 15 is 0 Å². The van der Waals surface area contributed by atoms with Crippen LogP contribution in [0.25, 0.3) is 10.9 Å². The summed E-state index contributed by atoms with van der Waals surface area (Å²) in [5, 5.41) is 10.4. The molecule has 7 nitrogen and oxygen atoms in total. The smallest absolute Gasteiger partial charge is 0.303 e. The fourth-order valence-electron chi connectivity index (χ4n) is 5.38. The molecular formula is C28H36N4O3. The number of aryl methyl sites for hydroxylation is 2. The van der Waals surface area contributed by atoms with Crippen molar-refractivity contribution in [3.63, 3.8) is 0 Å². The van der Waals surface area contributed by atoms with Crippen molar-refractivity contribution in [1.82, 2.24) is 19.9 Å². The van der Waals surface area contributed by atoms with Gasteiger partial charge in [0.25, 0.3) is 0 Å². The second-order valence-electron chi connectivity index (χ2n) is 9.56. The van der Waals surface area contributed by atoms with Crippen LogP contribution in [0.2, 0.25) is 0 Å². The molecule has 0 saturated carbocycles. The van der Waals surface area contributed by atoms with E-state index in [1.807, 2.05) is 24.4 Å². The largest absolute Gasteiger partial charge is 0.497 e. The fraction of sp³-hybridized carbons (Fsp3) is 0.500. The maximum absolute atomic E-state index is 11.3. The van der Waals surface area contributed by atoms with Gasteiger partial charge in [-0.25, -0.2) is 9.97 Å². The van der Waals surface area contributed by atoms with Crippen molar-refractivity contribution in [2.24, 2.45) is 11.8 Å². The second kappa shape index (κ2) is 12.6. The molecule has 186 valence electrons. The molecule has 4 rings (SSSR count). The molecule has 0 amide bonds. The number of ether oxygens (including phenoxy) is 1. The topological polar surface area (TPSA) is 88.4 Å². The van der Waals surface area contributed by atoms with E-state index in [4.69, 9.17) is 4.74 Å². The molecule has 2 unspecified atom stereocenters. The van der Waals surface area contributed by atoms with Crippen LogP contribution in [0.1, 0.15) is 49.9 Å². The van der Waals surface area contributed by atoms with Crippen molar-refractivity contribution in [2.75, 3.05) is 26.7 Å². The highest BCUT2D eigenvalue weighted by Gasteiger charge is 2.29. The van der Waals surface area contributed by atoms with E-state index in [0.29, 0.717) is 11.8 Å². The number of rotatable bonds is 12. The first-order valence-corrected chi connectivity index (χ1v) is 12.7. The van der Waals surface area contributed by atoms with Gasteiger partial charge in [-0.2, -0.15) is 0 Å². The number of piperidine rings is 1. The number of carboxylic acids is 1. The summed E-state index contributed by atoms with van der Waals surface area (Å²) in [6.07, 6.45) is 12.7. The predicted octanol–water partition coefficient (Wildman–Crippen LogP) is 4.79. The minimum atomic E-state index is -0.695. The van der Waals surface area contributed by atoms with Gasteiger partial charge in [-0.3, -0.25) is 9.78 Å². The Hall–Kier alpha value is -3.06. The SMILES string of the molecule is COc1ccc2nccc(CCCC3CCN(CCCc4ncccn4)CC3CCC(=O)O)c2c1. The molecule has 0 radical (unpaired) electrons. The van der Waals surface area contributed by atoms with Crippen LogP contribution in [-0.4, -0.2) is 57.7 Å². The Kier molecular flexibility index (Phi) is 9.01. The van der Waals surface area contributed by atoms with Gasteiger partial charge in [0.1, 0.15) is 11.6 Å². The lowest BCUT2D eigenvalue weighted by molar-refractivity contribution is -0.137. The number of aliphatic carboxylic acids is 1. The average Bonchev–Trinajstić information content (AvgIpc) is 2.88. The van der Waals surface area contributed by atoms with Crippen molar-refractivity contribution in [3.05, 3.63) is 60.3 Å². The number of aromatic nitrogens is 3. The first-order chi connectivity index (χ1) is 17.1. The molecule has 1 fully saturated rings. The lowest BCUT2D eigenvalue weighted by Gasteiger charge is -2.39. The minimum Gasteiger partial charge on any atom is -0.497 e. The zero-order valence-electron chi connectivity index (χ0n) is 20.6. The third-order valence-electron chi connectivity index (χ3n) is 7.26. The lowest BCUT2D eigenvalue weighted by Crippen LogP contribution is -2.41. The summed E-state index contributed by atoms with van der Waals surface area (Å²) in [7, 11) is 1.69. The van der Waals surface area contributed by atoms with Gasteiger partial charge >= 0.3 is 5.97 Å². The van der Waals surface area contributed by atoms with E-state index in [0.717, 1.165) is 87.1 Å². The summed E-state index contributed by atoms with van der Waals surface area (Å²) >= 11 is 0. The summed E-state index contributed by atoms with van der Waals surface area (Å²) in [5.41, 5.74) is 2.30. The van der Waals surface area contributed by atoms with Gasteiger partial charge in [-0.1, -0.05) is 0 Å². The van der Waals surface area contributed by atoms with Gasteiger partial charge in [-0.05, 0) is 99.3 Å². The Labute approximate surface area is 207 Å². The molecule has 3 heterocycles. The number of hydrogen-bond acceptors (Lipinski definition) is 6. The molecule has 35 heavy (non-hydrogen) atoms. The Bertz CT molecular complexity index is 1090. The van der Waals surface area contributed by atoms with Crippen LogP contribution in [0.5, 0.6) is 5.75 Å². The zero-order chi connectivity index (χ0) is 24.5. The third kappa shape index (κ3) is 7.21. The molecule has 1 saturated heterocycles. The van der Waals surface area contributed by atoms with E-state index in [-0.39, 0.29) is 6.42 Å². The van der Waals surface area contributed by atoms with Crippen molar-refractivity contribution in [2.45, 2.75) is 51.4 Å². The van der Waals surface area contributed by atoms with E-state index in [1.54, 1.807) is 19.5 Å². The van der Waals surface area contributed by atoms with Crippen molar-refractivity contribution >= 4 is 16.9 Å². The van der Waals surface area contributed by atoms with Crippen LogP contribution in [0.4, 0.5) is 0 Å². The number of pyridine rings is 1. The summed E-state index contributed by atoms with van der Waals surface area (Å²) in [6.45, 7) is 3.08. The van der Waals surface area contributed by atoms with Gasteiger partial charge in [0.2, 0.25) is 0 Å². The molecule has 2 aromatic heterocycles. The number of likely N-dealkylation sites (tertiary alicyclic amines) is 1. The predicted molar refractivity (Wildman–Crippen MR) is 136 cm³/mol. The van der Waals surface area contributed by atoms with Gasteiger partial charge in [0.05, 0.1) is 12.6 Å². The molecule has 1 aliphatic heterocycles. The van der Waals surface area contributed by atoms with Crippen molar-refractivity contribution in [3.8, 4) is 5.75 Å². The average molecular weight is 477 g/mol. The second-order valence-corrected chi connectivity index (χ2v) is 9.56. The van der Waals surface area contributed by atoms with Crippen LogP contribution >= 0.6 is 0 Å². The van der Waals surface area contributed by atoms with Gasteiger partial charge in [0.15, 0.2) is 0 Å². The maximum atomic E-state index is 11.3. The first-order valence-electron chi connectivity index (χ1n) is 12.7. The summed E-state index contributed by atoms with van der Waals surface area (Å²) in [4.78, 5) is 26.9. The number of carbonyl (C=O) groups is 1. The summed E-state index contributed by atoms with van der Waals surface area (Å²) in [5.74, 6) is 2.06. The van der Waals surface area contributed by atoms with Crippen LogP contribution in [0.3, 0.4) is 0 Å². The standard InChI is InChI=1S/C28H36N4O3/c1-35-24-9-10-26-25(19-24)22(12-16-29-26)6-2-5-21-13-18-32(20-23(21)8-11-28(33)34)17-3-7-27-30-14-4-15-31-27/h4,9-10,12,14-16,19,21,23H,2-3,5-8,11,13,17-18,20H2,1H3,(H,33,34). The highest BCUT2D eigenvalue weighted by Crippen LogP contribution is 2.32. The highest BCUT2D eigenvalue weighted by atomic mass is 16.5. The van der Waals surface area contributed by atoms with E-state index in [1.165, 1.54) is 5.56 Å². The Morgan fingerprint density at radius 1 is 1.06 bits per heavy atom. The molecule has 0 spiro atoms. The number of carboxylic acid groups (broad SMARTS) is 1. The van der Waals surface area contributed by atoms with Crippen LogP contribution in [0.15, 0.2) is 48.9 Å². The van der Waals surface area contributed by atoms with E-state index in [2.05, 4.69) is 32.0 Å². The van der Waals surface area contributed by atoms with Crippen molar-refractivity contribution < 1.29 is 14.6 Å². The number of nitrogens with zero attached hydrogens (tertiary/aromatic N) is 4. The highest BCUT2D eigenvalue weighted by molar-refractivity contribution is 5.83. The molecule has 2 atom stereocenters. The third-order valence-corrected chi connectivity index (χ3v) is 7.26. The first kappa shape index (κ1) is 25.0. The number of benzene rings is 1. The molecule has 1 N–H and O–H groups in total. The number of fused-ring (bicyclic) bond motifs is 1. The van der Waals surface area contributed by atoms with Gasteiger partial charge in [0, 0.05) is 43.4 Å². The van der Waals surface area contributed by atoms with Crippen LogP contribution in [0, 0.1) is 11.8 Å². The van der Waals surface area contributed by atoms with Crippen LogP contribution in [-0.2, 0) is 17.6 Å². The van der Waals surface area contributed by atoms with Crippen LogP contribution < -0.4 is 4.74 Å². The Morgan fingerprint density at radius 3 is 2.71 bits per heavy atom. The summed E-state index contributed by atoms with van der Waals surface area (Å²) in [6, 6.07) is 10.00. The zero-order valence-corrected chi connectivity index (χ0v) is 20.6. The Morgan fingerprint density at radius 2 is 1.91 bits per heavy atom. The molecular weight excluding hydrogens is 440 g/mol. The molecule has 0 bridgehead atoms. The fourth-order valence-corrected chi connectivity index (χ4v) is 5.38. The monoisotopic (exact) mass is 476 g/mol. The molecule has 3 aromatic rings. The molecule has 0 aliphatic carbocycles.